The van der Waals surface area contributed by atoms with Crippen LogP contribution in [-0.4, -0.2) is 33.7 Å². The molecule has 0 bridgehead atoms. The number of benzene rings is 2. The maximum absolute atomic E-state index is 14.9. The molecule has 0 spiro atoms. The summed E-state index contributed by atoms with van der Waals surface area (Å²) in [7, 11) is 3.09. The number of methoxy groups -OCH3 is 1. The monoisotopic (exact) mass is 406 g/mol. The van der Waals surface area contributed by atoms with Crippen LogP contribution < -0.4 is 5.32 Å². The molecular weight excluding hydrogens is 383 g/mol. The van der Waals surface area contributed by atoms with Crippen LogP contribution in [0.15, 0.2) is 36.4 Å². The van der Waals surface area contributed by atoms with Crippen molar-refractivity contribution in [1.82, 2.24) is 14.1 Å². The van der Waals surface area contributed by atoms with Crippen molar-refractivity contribution in [3.63, 3.8) is 0 Å². The second-order valence-electron chi connectivity index (χ2n) is 8.15. The molecule has 30 heavy (non-hydrogen) atoms. The molecule has 6 nitrogen and oxygen atoms in total. The zero-order valence-corrected chi connectivity index (χ0v) is 17.4. The lowest BCUT2D eigenvalue weighted by Gasteiger charge is -2.31. The van der Waals surface area contributed by atoms with E-state index < -0.39 is 11.8 Å². The molecule has 3 heterocycles. The average molecular weight is 406 g/mol. The summed E-state index contributed by atoms with van der Waals surface area (Å²) in [6.45, 7) is 5.22. The summed E-state index contributed by atoms with van der Waals surface area (Å²) in [5.41, 5.74) is 4.12. The van der Waals surface area contributed by atoms with E-state index in [-0.39, 0.29) is 11.6 Å². The van der Waals surface area contributed by atoms with Gasteiger partial charge in [0, 0.05) is 19.0 Å². The number of aromatic nitrogens is 3. The van der Waals surface area contributed by atoms with Gasteiger partial charge in [0.25, 0.3) is 0 Å². The van der Waals surface area contributed by atoms with Crippen molar-refractivity contribution in [1.29, 1.82) is 0 Å². The molecule has 2 aromatic carbocycles. The summed E-state index contributed by atoms with van der Waals surface area (Å²) in [6.07, 6.45) is 0. The minimum atomic E-state index is -0.581. The Kier molecular flexibility index (Phi) is 4.10. The molecule has 2 aromatic heterocycles. The summed E-state index contributed by atoms with van der Waals surface area (Å²) in [6, 6.07) is 11.3. The van der Waals surface area contributed by atoms with Gasteiger partial charge in [0.15, 0.2) is 5.82 Å². The Bertz CT molecular complexity index is 1320. The first kappa shape index (κ1) is 18.7. The number of imidazole rings is 1. The lowest BCUT2D eigenvalue weighted by atomic mass is 10.0. The number of nitrogens with zero attached hydrogens (tertiary/aromatic N) is 3. The van der Waals surface area contributed by atoms with Gasteiger partial charge >= 0.3 is 5.97 Å². The predicted octanol–water partition coefficient (Wildman–Crippen LogP) is 4.74. The molecular formula is C23H23FN4O2. The van der Waals surface area contributed by atoms with E-state index in [1.807, 2.05) is 13.1 Å². The summed E-state index contributed by atoms with van der Waals surface area (Å²) in [5.74, 6) is -0.00745. The summed E-state index contributed by atoms with van der Waals surface area (Å²) < 4.78 is 23.8. The number of ether oxygens (including phenoxy) is 1. The Morgan fingerprint density at radius 2 is 2.07 bits per heavy atom. The largest absolute Gasteiger partial charge is 0.465 e. The number of hydrogen-bond acceptors (Lipinski definition) is 4. The molecule has 5 rings (SSSR count). The molecule has 1 aliphatic heterocycles. The maximum atomic E-state index is 14.9. The summed E-state index contributed by atoms with van der Waals surface area (Å²) in [5, 5.41) is 4.65. The number of fused-ring (bicyclic) bond motifs is 1. The van der Waals surface area contributed by atoms with E-state index in [0.717, 1.165) is 28.8 Å². The number of carbonyl (C=O) groups excluding carboxylic acids is 1. The lowest BCUT2D eigenvalue weighted by Crippen LogP contribution is -2.28. The Morgan fingerprint density at radius 3 is 2.80 bits per heavy atom. The molecule has 4 aromatic rings. The van der Waals surface area contributed by atoms with Crippen molar-refractivity contribution in [3.05, 3.63) is 47.8 Å². The van der Waals surface area contributed by atoms with Crippen molar-refractivity contribution >= 4 is 33.6 Å². The summed E-state index contributed by atoms with van der Waals surface area (Å²) in [4.78, 5) is 16.7. The number of rotatable bonds is 3. The second-order valence-corrected chi connectivity index (χ2v) is 8.15. The van der Waals surface area contributed by atoms with Gasteiger partial charge in [0.1, 0.15) is 11.3 Å². The Morgan fingerprint density at radius 1 is 1.27 bits per heavy atom. The van der Waals surface area contributed by atoms with Gasteiger partial charge in [-0.25, -0.2) is 14.2 Å². The standard InChI is InChI=1S/C23H23FN4O2/c1-12(2)19-11-25-16-7-5-6-13-10-18(28(19)20(13)16)22-26-17-9-14(23(29)30-4)8-15(24)21(17)27(22)3/h5-10,12,19,25H,11H2,1-4H3. The van der Waals surface area contributed by atoms with Crippen LogP contribution in [0.2, 0.25) is 0 Å². The minimum absolute atomic E-state index is 0.153. The third kappa shape index (κ3) is 2.54. The second kappa shape index (κ2) is 6.58. The van der Waals surface area contributed by atoms with Crippen molar-refractivity contribution in [2.24, 2.45) is 13.0 Å². The fraction of sp³-hybridized carbons (Fsp3) is 0.304. The van der Waals surface area contributed by atoms with Gasteiger partial charge in [0.2, 0.25) is 0 Å². The summed E-state index contributed by atoms with van der Waals surface area (Å²) >= 11 is 0. The van der Waals surface area contributed by atoms with Crippen LogP contribution in [0.4, 0.5) is 10.1 Å². The fourth-order valence-corrected chi connectivity index (χ4v) is 4.54. The number of nitrogens with one attached hydrogen (secondary N) is 1. The van der Waals surface area contributed by atoms with Crippen molar-refractivity contribution in [2.75, 3.05) is 19.0 Å². The normalized spacial score (nSPS) is 15.7. The van der Waals surface area contributed by atoms with Crippen LogP contribution in [0.1, 0.15) is 30.2 Å². The van der Waals surface area contributed by atoms with Gasteiger partial charge in [0.05, 0.1) is 41.1 Å². The van der Waals surface area contributed by atoms with E-state index in [9.17, 15) is 9.18 Å². The molecule has 0 fully saturated rings. The third-order valence-electron chi connectivity index (χ3n) is 6.04. The zero-order chi connectivity index (χ0) is 21.2. The quantitative estimate of drug-likeness (QED) is 0.499. The number of carbonyl (C=O) groups is 1. The number of aryl methyl sites for hydroxylation is 1. The molecule has 154 valence electrons. The van der Waals surface area contributed by atoms with Gasteiger partial charge in [-0.2, -0.15) is 0 Å². The molecule has 0 saturated carbocycles. The van der Waals surface area contributed by atoms with E-state index in [1.54, 1.807) is 10.6 Å². The van der Waals surface area contributed by atoms with Crippen molar-refractivity contribution in [2.45, 2.75) is 19.9 Å². The smallest absolute Gasteiger partial charge is 0.338 e. The molecule has 7 heteroatoms. The number of esters is 1. The van der Waals surface area contributed by atoms with Gasteiger partial charge < -0.3 is 19.2 Å². The highest BCUT2D eigenvalue weighted by molar-refractivity contribution is 5.98. The topological polar surface area (TPSA) is 61.1 Å². The van der Waals surface area contributed by atoms with Gasteiger partial charge in [-0.1, -0.05) is 26.0 Å². The van der Waals surface area contributed by atoms with E-state index in [1.165, 1.54) is 13.2 Å². The molecule has 0 amide bonds. The van der Waals surface area contributed by atoms with Gasteiger partial charge in [-0.3, -0.25) is 0 Å². The van der Waals surface area contributed by atoms with E-state index in [4.69, 9.17) is 9.72 Å². The number of anilines is 1. The minimum Gasteiger partial charge on any atom is -0.465 e. The fourth-order valence-electron chi connectivity index (χ4n) is 4.54. The number of para-hydroxylation sites is 1. The van der Waals surface area contributed by atoms with Crippen LogP contribution in [0.3, 0.4) is 0 Å². The molecule has 0 saturated heterocycles. The molecule has 1 aliphatic rings. The van der Waals surface area contributed by atoms with E-state index >= 15 is 0 Å². The first-order valence-corrected chi connectivity index (χ1v) is 10.0. The lowest BCUT2D eigenvalue weighted by molar-refractivity contribution is 0.0600. The highest BCUT2D eigenvalue weighted by atomic mass is 19.1. The van der Waals surface area contributed by atoms with Crippen LogP contribution in [0.5, 0.6) is 0 Å². The molecule has 0 aliphatic carbocycles. The third-order valence-corrected chi connectivity index (χ3v) is 6.04. The average Bonchev–Trinajstić information content (AvgIpc) is 3.27. The van der Waals surface area contributed by atoms with Crippen LogP contribution >= 0.6 is 0 Å². The van der Waals surface area contributed by atoms with E-state index in [0.29, 0.717) is 22.8 Å². The van der Waals surface area contributed by atoms with Crippen molar-refractivity contribution in [3.8, 4) is 11.5 Å². The predicted molar refractivity (Wildman–Crippen MR) is 115 cm³/mol. The van der Waals surface area contributed by atoms with Gasteiger partial charge in [-0.15, -0.1) is 0 Å². The van der Waals surface area contributed by atoms with Crippen LogP contribution in [-0.2, 0) is 11.8 Å². The van der Waals surface area contributed by atoms with Crippen molar-refractivity contribution < 1.29 is 13.9 Å². The van der Waals surface area contributed by atoms with Crippen LogP contribution in [0, 0.1) is 11.7 Å². The Balaban J connectivity index is 1.80. The first-order valence-electron chi connectivity index (χ1n) is 10.0. The SMILES string of the molecule is COC(=O)c1cc(F)c2c(c1)nc(-c1cc3cccc4c3n1C(C(C)C)CN4)n2C. The first-order chi connectivity index (χ1) is 14.4. The number of hydrogen-bond donors (Lipinski definition) is 1. The van der Waals surface area contributed by atoms with E-state index in [2.05, 4.69) is 41.9 Å². The number of halogens is 1. The molecule has 0 radical (unpaired) electrons. The zero-order valence-electron chi connectivity index (χ0n) is 17.4. The Hall–Kier alpha value is -3.35. The molecule has 1 unspecified atom stereocenters. The van der Waals surface area contributed by atoms with Gasteiger partial charge in [-0.05, 0) is 30.2 Å². The highest BCUT2D eigenvalue weighted by Crippen LogP contribution is 2.40. The molecule has 1 atom stereocenters. The van der Waals surface area contributed by atoms with Crippen LogP contribution in [0.25, 0.3) is 33.5 Å². The maximum Gasteiger partial charge on any atom is 0.338 e. The highest BCUT2D eigenvalue weighted by Gasteiger charge is 2.29. The molecule has 1 N–H and O–H groups in total. The Labute approximate surface area is 173 Å².